The van der Waals surface area contributed by atoms with Crippen molar-refractivity contribution in [1.82, 2.24) is 9.78 Å². The van der Waals surface area contributed by atoms with Crippen LogP contribution in [0.15, 0.2) is 30.3 Å². The van der Waals surface area contributed by atoms with Crippen LogP contribution in [-0.4, -0.2) is 20.8 Å². The number of nitrogens with one attached hydrogen (secondary N) is 1. The number of aromatic nitrogens is 2. The molecule has 1 aromatic carbocycles. The Balaban J connectivity index is 2.17. The van der Waals surface area contributed by atoms with Gasteiger partial charge in [-0.25, -0.2) is 0 Å². The Morgan fingerprint density at radius 2 is 2.06 bits per heavy atom. The van der Waals surface area contributed by atoms with Crippen molar-refractivity contribution in [2.24, 2.45) is 7.05 Å². The first kappa shape index (κ1) is 11.0. The van der Waals surface area contributed by atoms with E-state index in [4.69, 9.17) is 10.8 Å². The Labute approximate surface area is 97.7 Å². The third-order valence-corrected chi connectivity index (χ3v) is 2.26. The van der Waals surface area contributed by atoms with Crippen molar-refractivity contribution < 1.29 is 9.90 Å². The van der Waals surface area contributed by atoms with Gasteiger partial charge in [0.2, 0.25) is 0 Å². The molecular weight excluding hydrogens is 220 g/mol. The van der Waals surface area contributed by atoms with Gasteiger partial charge in [-0.1, -0.05) is 0 Å². The summed E-state index contributed by atoms with van der Waals surface area (Å²) >= 11 is 0. The van der Waals surface area contributed by atoms with Crippen LogP contribution < -0.4 is 11.1 Å². The fourth-order valence-corrected chi connectivity index (χ4v) is 1.44. The molecule has 0 saturated carbocycles. The van der Waals surface area contributed by atoms with Crippen molar-refractivity contribution in [3.05, 3.63) is 36.0 Å². The Hall–Kier alpha value is -2.50. The molecule has 0 bridgehead atoms. The highest BCUT2D eigenvalue weighted by Gasteiger charge is 2.12. The molecule has 0 saturated heterocycles. The van der Waals surface area contributed by atoms with Gasteiger partial charge in [-0.2, -0.15) is 5.10 Å². The lowest BCUT2D eigenvalue weighted by molar-refractivity contribution is 0.101. The van der Waals surface area contributed by atoms with Gasteiger partial charge in [-0.3, -0.25) is 9.48 Å². The maximum Gasteiger partial charge on any atom is 0.274 e. The molecule has 2 rings (SSSR count). The molecule has 0 unspecified atom stereocenters. The number of amides is 1. The molecule has 0 aliphatic heterocycles. The molecule has 1 heterocycles. The topological polar surface area (TPSA) is 93.2 Å². The van der Waals surface area contributed by atoms with E-state index in [2.05, 4.69) is 10.4 Å². The number of benzene rings is 1. The Kier molecular flexibility index (Phi) is 2.70. The van der Waals surface area contributed by atoms with Crippen molar-refractivity contribution in [1.29, 1.82) is 0 Å². The molecule has 0 fully saturated rings. The van der Waals surface area contributed by atoms with E-state index >= 15 is 0 Å². The molecule has 0 atom stereocenters. The summed E-state index contributed by atoms with van der Waals surface area (Å²) in [5.41, 5.74) is 6.45. The van der Waals surface area contributed by atoms with Crippen molar-refractivity contribution in [2.75, 3.05) is 11.1 Å². The zero-order valence-corrected chi connectivity index (χ0v) is 9.21. The van der Waals surface area contributed by atoms with Crippen LogP contribution in [0.5, 0.6) is 5.75 Å². The quantitative estimate of drug-likeness (QED) is 0.672. The number of phenols is 1. The van der Waals surface area contributed by atoms with Gasteiger partial charge < -0.3 is 16.2 Å². The predicted molar refractivity (Wildman–Crippen MR) is 63.7 cm³/mol. The van der Waals surface area contributed by atoms with E-state index in [9.17, 15) is 4.79 Å². The van der Waals surface area contributed by atoms with E-state index in [-0.39, 0.29) is 11.7 Å². The average Bonchev–Trinajstić information content (AvgIpc) is 2.61. The molecule has 0 radical (unpaired) electrons. The Bertz CT molecular complexity index is 545. The molecule has 6 heteroatoms. The summed E-state index contributed by atoms with van der Waals surface area (Å²) in [6.07, 6.45) is 0. The van der Waals surface area contributed by atoms with Gasteiger partial charge in [0.15, 0.2) is 0 Å². The van der Waals surface area contributed by atoms with Crippen LogP contribution in [0, 0.1) is 0 Å². The number of aryl methyl sites for hydroxylation is 1. The third kappa shape index (κ3) is 2.36. The lowest BCUT2D eigenvalue weighted by Gasteiger charge is -2.04. The number of nitrogens with zero attached hydrogens (tertiary/aromatic N) is 2. The van der Waals surface area contributed by atoms with Crippen LogP contribution in [0.1, 0.15) is 10.5 Å². The summed E-state index contributed by atoms with van der Waals surface area (Å²) in [5.74, 6) is 0.138. The molecule has 0 spiro atoms. The number of carbonyl (C=O) groups is 1. The van der Waals surface area contributed by atoms with Crippen LogP contribution in [0.2, 0.25) is 0 Å². The summed E-state index contributed by atoms with van der Waals surface area (Å²) in [4.78, 5) is 11.8. The van der Waals surface area contributed by atoms with Crippen LogP contribution >= 0.6 is 0 Å². The van der Waals surface area contributed by atoms with Gasteiger partial charge in [-0.15, -0.1) is 0 Å². The smallest absolute Gasteiger partial charge is 0.274 e. The standard InChI is InChI=1S/C11H12N4O2/c1-15-9(6-10(12)14-15)11(17)13-7-2-4-8(16)5-3-7/h2-6,16H,1H3,(H2,12,14)(H,13,17). The Morgan fingerprint density at radius 1 is 1.41 bits per heavy atom. The minimum atomic E-state index is -0.303. The molecule has 2 aromatic rings. The van der Waals surface area contributed by atoms with Crippen LogP contribution in [0.25, 0.3) is 0 Å². The van der Waals surface area contributed by atoms with Crippen molar-refractivity contribution in [2.45, 2.75) is 0 Å². The number of rotatable bonds is 2. The minimum Gasteiger partial charge on any atom is -0.508 e. The number of hydrogen-bond donors (Lipinski definition) is 3. The van der Waals surface area contributed by atoms with E-state index < -0.39 is 0 Å². The van der Waals surface area contributed by atoms with Gasteiger partial charge >= 0.3 is 0 Å². The molecule has 6 nitrogen and oxygen atoms in total. The predicted octanol–water partition coefficient (Wildman–Crippen LogP) is 0.960. The first-order valence-corrected chi connectivity index (χ1v) is 4.96. The SMILES string of the molecule is Cn1nc(N)cc1C(=O)Nc1ccc(O)cc1. The third-order valence-electron chi connectivity index (χ3n) is 2.26. The molecule has 1 amide bonds. The van der Waals surface area contributed by atoms with Gasteiger partial charge in [0.05, 0.1) is 0 Å². The number of nitrogen functional groups attached to an aromatic ring is 1. The molecular formula is C11H12N4O2. The highest BCUT2D eigenvalue weighted by atomic mass is 16.3. The maximum atomic E-state index is 11.8. The minimum absolute atomic E-state index is 0.146. The van der Waals surface area contributed by atoms with E-state index in [0.29, 0.717) is 17.2 Å². The van der Waals surface area contributed by atoms with Crippen LogP contribution in [-0.2, 0) is 7.05 Å². The van der Waals surface area contributed by atoms with Crippen molar-refractivity contribution in [3.8, 4) is 5.75 Å². The number of nitrogens with two attached hydrogens (primary N) is 1. The molecule has 0 aliphatic carbocycles. The van der Waals surface area contributed by atoms with Crippen molar-refractivity contribution in [3.63, 3.8) is 0 Å². The second-order valence-electron chi connectivity index (χ2n) is 3.58. The first-order chi connectivity index (χ1) is 8.06. The lowest BCUT2D eigenvalue weighted by atomic mass is 10.3. The summed E-state index contributed by atoms with van der Waals surface area (Å²) in [6, 6.07) is 7.69. The largest absolute Gasteiger partial charge is 0.508 e. The lowest BCUT2D eigenvalue weighted by Crippen LogP contribution is -2.15. The average molecular weight is 232 g/mol. The van der Waals surface area contributed by atoms with Gasteiger partial charge in [-0.05, 0) is 24.3 Å². The highest BCUT2D eigenvalue weighted by molar-refractivity contribution is 6.03. The fourth-order valence-electron chi connectivity index (χ4n) is 1.44. The van der Waals surface area contributed by atoms with Gasteiger partial charge in [0.25, 0.3) is 5.91 Å². The zero-order chi connectivity index (χ0) is 12.4. The van der Waals surface area contributed by atoms with E-state index in [1.54, 1.807) is 19.2 Å². The first-order valence-electron chi connectivity index (χ1n) is 4.96. The summed E-state index contributed by atoms with van der Waals surface area (Å²) < 4.78 is 1.41. The second kappa shape index (κ2) is 4.17. The zero-order valence-electron chi connectivity index (χ0n) is 9.21. The highest BCUT2D eigenvalue weighted by Crippen LogP contribution is 2.15. The van der Waals surface area contributed by atoms with Crippen LogP contribution in [0.4, 0.5) is 11.5 Å². The molecule has 0 aliphatic rings. The summed E-state index contributed by atoms with van der Waals surface area (Å²) in [7, 11) is 1.64. The normalized spacial score (nSPS) is 10.2. The fraction of sp³-hybridized carbons (Fsp3) is 0.0909. The van der Waals surface area contributed by atoms with Crippen molar-refractivity contribution >= 4 is 17.4 Å². The number of hydrogen-bond acceptors (Lipinski definition) is 4. The van der Waals surface area contributed by atoms with E-state index in [1.165, 1.54) is 22.9 Å². The summed E-state index contributed by atoms with van der Waals surface area (Å²) in [5, 5.41) is 15.7. The monoisotopic (exact) mass is 232 g/mol. The van der Waals surface area contributed by atoms with Gasteiger partial charge in [0.1, 0.15) is 17.3 Å². The van der Waals surface area contributed by atoms with E-state index in [0.717, 1.165) is 0 Å². The number of anilines is 2. The molecule has 17 heavy (non-hydrogen) atoms. The molecule has 88 valence electrons. The number of carbonyl (C=O) groups excluding carboxylic acids is 1. The van der Waals surface area contributed by atoms with E-state index in [1.807, 2.05) is 0 Å². The molecule has 4 N–H and O–H groups in total. The Morgan fingerprint density at radius 3 is 2.59 bits per heavy atom. The summed E-state index contributed by atoms with van der Waals surface area (Å²) in [6.45, 7) is 0. The maximum absolute atomic E-state index is 11.8. The number of aromatic hydroxyl groups is 1. The van der Waals surface area contributed by atoms with Crippen LogP contribution in [0.3, 0.4) is 0 Å². The molecule has 1 aromatic heterocycles. The second-order valence-corrected chi connectivity index (χ2v) is 3.58. The number of phenolic OH excluding ortho intramolecular Hbond substituents is 1. The van der Waals surface area contributed by atoms with Gasteiger partial charge in [0, 0.05) is 18.8 Å².